The number of halogens is 1. The zero-order chi connectivity index (χ0) is 22.1. The highest BCUT2D eigenvalue weighted by Gasteiger charge is 2.36. The number of rotatable bonds is 6. The molecule has 5 rings (SSSR count). The molecule has 0 radical (unpaired) electrons. The van der Waals surface area contributed by atoms with Crippen molar-refractivity contribution >= 4 is 40.1 Å². The molecule has 3 heterocycles. The summed E-state index contributed by atoms with van der Waals surface area (Å²) in [6, 6.07) is 16.7. The molecule has 1 atom stereocenters. The van der Waals surface area contributed by atoms with E-state index in [1.165, 1.54) is 0 Å². The Morgan fingerprint density at radius 3 is 2.78 bits per heavy atom. The van der Waals surface area contributed by atoms with Crippen LogP contribution in [-0.2, 0) is 22.7 Å². The quantitative estimate of drug-likeness (QED) is 0.464. The zero-order valence-electron chi connectivity index (χ0n) is 17.3. The van der Waals surface area contributed by atoms with Crippen molar-refractivity contribution in [2.45, 2.75) is 32.0 Å². The van der Waals surface area contributed by atoms with Crippen molar-refractivity contribution in [2.24, 2.45) is 0 Å². The molecule has 4 aromatic rings. The first-order valence-electron chi connectivity index (χ1n) is 10.5. The van der Waals surface area contributed by atoms with Gasteiger partial charge in [-0.3, -0.25) is 14.3 Å². The largest absolute Gasteiger partial charge is 0.361 e. The van der Waals surface area contributed by atoms with Gasteiger partial charge in [-0.25, -0.2) is 0 Å². The summed E-state index contributed by atoms with van der Waals surface area (Å²) in [6.07, 6.45) is 4.55. The van der Waals surface area contributed by atoms with E-state index in [2.05, 4.69) is 15.4 Å². The molecular formula is C24H22ClN5O2. The Morgan fingerprint density at radius 1 is 1.09 bits per heavy atom. The van der Waals surface area contributed by atoms with Crippen LogP contribution in [0.15, 0.2) is 67.0 Å². The lowest BCUT2D eigenvalue weighted by molar-refractivity contribution is -0.133. The average molecular weight is 448 g/mol. The van der Waals surface area contributed by atoms with Crippen LogP contribution in [0.5, 0.6) is 0 Å². The first-order valence-corrected chi connectivity index (χ1v) is 10.9. The van der Waals surface area contributed by atoms with Crippen molar-refractivity contribution < 1.29 is 9.59 Å². The lowest BCUT2D eigenvalue weighted by Gasteiger charge is -2.23. The third-order valence-corrected chi connectivity index (χ3v) is 6.20. The minimum Gasteiger partial charge on any atom is -0.361 e. The van der Waals surface area contributed by atoms with Gasteiger partial charge in [0.05, 0.1) is 6.54 Å². The fourth-order valence-electron chi connectivity index (χ4n) is 4.18. The fourth-order valence-corrected chi connectivity index (χ4v) is 4.37. The number of hydrogen-bond acceptors (Lipinski definition) is 3. The van der Waals surface area contributed by atoms with Crippen LogP contribution >= 0.6 is 11.6 Å². The van der Waals surface area contributed by atoms with Gasteiger partial charge in [-0.2, -0.15) is 5.10 Å². The third-order valence-electron chi connectivity index (χ3n) is 5.83. The van der Waals surface area contributed by atoms with Gasteiger partial charge in [-0.05, 0) is 29.7 Å². The van der Waals surface area contributed by atoms with Crippen LogP contribution in [0.4, 0.5) is 5.82 Å². The van der Waals surface area contributed by atoms with Crippen LogP contribution in [0, 0.1) is 0 Å². The van der Waals surface area contributed by atoms with Gasteiger partial charge in [0, 0.05) is 47.4 Å². The standard InChI is InChI=1S/C24H22ClN5O2/c25-19-7-3-1-5-16(19)14-29-12-11-22(28-29)27-24(32)21-9-10-23(31)30(21)15-17-13-26-20-8-4-2-6-18(17)20/h1-8,11-13,21,26H,9-10,14-15H2,(H,27,28,32). The minimum absolute atomic E-state index is 0.0142. The summed E-state index contributed by atoms with van der Waals surface area (Å²) in [4.78, 5) is 30.4. The summed E-state index contributed by atoms with van der Waals surface area (Å²) in [7, 11) is 0. The van der Waals surface area contributed by atoms with Gasteiger partial charge in [0.2, 0.25) is 11.8 Å². The van der Waals surface area contributed by atoms with Gasteiger partial charge in [0.15, 0.2) is 5.82 Å². The number of aromatic nitrogens is 3. The molecule has 2 N–H and O–H groups in total. The molecule has 2 aromatic carbocycles. The number of anilines is 1. The van der Waals surface area contributed by atoms with E-state index in [0.29, 0.717) is 36.8 Å². The van der Waals surface area contributed by atoms with E-state index in [-0.39, 0.29) is 11.8 Å². The van der Waals surface area contributed by atoms with Crippen LogP contribution in [-0.4, -0.2) is 37.5 Å². The Labute approximate surface area is 190 Å². The normalized spacial score (nSPS) is 16.1. The van der Waals surface area contributed by atoms with Gasteiger partial charge >= 0.3 is 0 Å². The van der Waals surface area contributed by atoms with Gasteiger partial charge in [-0.15, -0.1) is 0 Å². The van der Waals surface area contributed by atoms with Crippen LogP contribution < -0.4 is 5.32 Å². The Morgan fingerprint density at radius 2 is 1.91 bits per heavy atom. The maximum absolute atomic E-state index is 13.0. The second kappa shape index (κ2) is 8.51. The Kier molecular flexibility index (Phi) is 5.41. The summed E-state index contributed by atoms with van der Waals surface area (Å²) in [5.41, 5.74) is 2.96. The maximum atomic E-state index is 13.0. The van der Waals surface area contributed by atoms with E-state index >= 15 is 0 Å². The first kappa shape index (κ1) is 20.3. The van der Waals surface area contributed by atoms with Gasteiger partial charge in [0.1, 0.15) is 6.04 Å². The number of nitrogens with one attached hydrogen (secondary N) is 2. The summed E-state index contributed by atoms with van der Waals surface area (Å²) >= 11 is 6.23. The van der Waals surface area contributed by atoms with Crippen molar-refractivity contribution in [3.8, 4) is 0 Å². The summed E-state index contributed by atoms with van der Waals surface area (Å²) < 4.78 is 1.72. The molecule has 7 nitrogen and oxygen atoms in total. The van der Waals surface area contributed by atoms with Crippen molar-refractivity contribution in [3.63, 3.8) is 0 Å². The molecule has 1 fully saturated rings. The molecule has 1 aliphatic heterocycles. The number of carbonyl (C=O) groups is 2. The molecule has 0 spiro atoms. The van der Waals surface area contributed by atoms with Crippen molar-refractivity contribution in [1.82, 2.24) is 19.7 Å². The zero-order valence-corrected chi connectivity index (χ0v) is 18.0. The molecule has 1 unspecified atom stereocenters. The van der Waals surface area contributed by atoms with E-state index < -0.39 is 6.04 Å². The van der Waals surface area contributed by atoms with Gasteiger partial charge in [-0.1, -0.05) is 48.0 Å². The molecule has 2 amide bonds. The molecule has 32 heavy (non-hydrogen) atoms. The van der Waals surface area contributed by atoms with Crippen LogP contribution in [0.1, 0.15) is 24.0 Å². The number of hydrogen-bond donors (Lipinski definition) is 2. The van der Waals surface area contributed by atoms with E-state index in [1.54, 1.807) is 21.8 Å². The highest BCUT2D eigenvalue weighted by Crippen LogP contribution is 2.26. The van der Waals surface area contributed by atoms with Crippen molar-refractivity contribution in [2.75, 3.05) is 5.32 Å². The minimum atomic E-state index is -0.523. The Hall–Kier alpha value is -3.58. The number of fused-ring (bicyclic) bond motifs is 1. The van der Waals surface area contributed by atoms with Crippen molar-refractivity contribution in [3.05, 3.63) is 83.1 Å². The van der Waals surface area contributed by atoms with E-state index in [0.717, 1.165) is 22.0 Å². The topological polar surface area (TPSA) is 83.0 Å². The molecule has 162 valence electrons. The molecule has 0 saturated carbocycles. The number of aromatic amines is 1. The summed E-state index contributed by atoms with van der Waals surface area (Å²) in [5.74, 6) is 0.215. The lowest BCUT2D eigenvalue weighted by atomic mass is 10.1. The molecule has 0 aliphatic carbocycles. The Balaban J connectivity index is 1.28. The number of likely N-dealkylation sites (tertiary alicyclic amines) is 1. The number of benzene rings is 2. The number of carbonyl (C=O) groups excluding carboxylic acids is 2. The van der Waals surface area contributed by atoms with Gasteiger partial charge < -0.3 is 15.2 Å². The predicted octanol–water partition coefficient (Wildman–Crippen LogP) is 4.20. The van der Waals surface area contributed by atoms with Crippen LogP contribution in [0.25, 0.3) is 10.9 Å². The SMILES string of the molecule is O=C(Nc1ccn(Cc2ccccc2Cl)n1)C1CCC(=O)N1Cc1c[nH]c2ccccc12. The second-order valence-electron chi connectivity index (χ2n) is 7.91. The Bertz CT molecular complexity index is 1290. The number of nitrogens with zero attached hydrogens (tertiary/aromatic N) is 3. The molecular weight excluding hydrogens is 426 g/mol. The average Bonchev–Trinajstić information content (AvgIpc) is 3.50. The van der Waals surface area contributed by atoms with Crippen molar-refractivity contribution in [1.29, 1.82) is 0 Å². The summed E-state index contributed by atoms with van der Waals surface area (Å²) in [6.45, 7) is 0.895. The highest BCUT2D eigenvalue weighted by molar-refractivity contribution is 6.31. The molecule has 1 saturated heterocycles. The number of H-pyrrole nitrogens is 1. The van der Waals surface area contributed by atoms with E-state index in [9.17, 15) is 9.59 Å². The van der Waals surface area contributed by atoms with Crippen LogP contribution in [0.2, 0.25) is 5.02 Å². The smallest absolute Gasteiger partial charge is 0.248 e. The fraction of sp³-hybridized carbons (Fsp3) is 0.208. The van der Waals surface area contributed by atoms with E-state index in [4.69, 9.17) is 11.6 Å². The second-order valence-corrected chi connectivity index (χ2v) is 8.32. The molecule has 2 aromatic heterocycles. The molecule has 0 bridgehead atoms. The van der Waals surface area contributed by atoms with Gasteiger partial charge in [0.25, 0.3) is 0 Å². The predicted molar refractivity (Wildman–Crippen MR) is 123 cm³/mol. The first-order chi connectivity index (χ1) is 15.6. The van der Waals surface area contributed by atoms with Crippen LogP contribution in [0.3, 0.4) is 0 Å². The number of amides is 2. The molecule has 1 aliphatic rings. The number of para-hydroxylation sites is 1. The maximum Gasteiger partial charge on any atom is 0.248 e. The highest BCUT2D eigenvalue weighted by atomic mass is 35.5. The lowest BCUT2D eigenvalue weighted by Crippen LogP contribution is -2.41. The monoisotopic (exact) mass is 447 g/mol. The molecule has 8 heteroatoms. The summed E-state index contributed by atoms with van der Waals surface area (Å²) in [5, 5.41) is 9.03. The van der Waals surface area contributed by atoms with E-state index in [1.807, 2.05) is 54.7 Å². The third kappa shape index (κ3) is 3.99.